The summed E-state index contributed by atoms with van der Waals surface area (Å²) in [5.41, 5.74) is 3.46. The van der Waals surface area contributed by atoms with Gasteiger partial charge in [-0.2, -0.15) is 0 Å². The lowest BCUT2D eigenvalue weighted by atomic mass is 10.1. The van der Waals surface area contributed by atoms with E-state index in [2.05, 4.69) is 15.2 Å². The van der Waals surface area contributed by atoms with Gasteiger partial charge >= 0.3 is 0 Å². The van der Waals surface area contributed by atoms with Gasteiger partial charge in [0.1, 0.15) is 0 Å². The smallest absolute Gasteiger partial charge is 0.228 e. The molecule has 1 N–H and O–H groups in total. The van der Waals surface area contributed by atoms with Gasteiger partial charge in [0.25, 0.3) is 0 Å². The first-order chi connectivity index (χ1) is 14.9. The molecule has 162 valence electrons. The zero-order chi connectivity index (χ0) is 22.0. The van der Waals surface area contributed by atoms with Crippen LogP contribution >= 0.6 is 0 Å². The normalized spacial score (nSPS) is 14.8. The molecule has 2 aromatic heterocycles. The van der Waals surface area contributed by atoms with Crippen LogP contribution in [0.15, 0.2) is 40.9 Å². The SMILES string of the molecule is Cc1ncc(CN2CCOCC2)c2cc(C(=O)c3cccc(NC(=O)C(C)C)c3)oc12. The molecule has 0 saturated carbocycles. The lowest BCUT2D eigenvalue weighted by Gasteiger charge is -2.26. The quantitative estimate of drug-likeness (QED) is 0.610. The fourth-order valence-corrected chi connectivity index (χ4v) is 3.61. The van der Waals surface area contributed by atoms with E-state index in [1.54, 1.807) is 24.3 Å². The average Bonchev–Trinajstić information content (AvgIpc) is 3.23. The zero-order valence-corrected chi connectivity index (χ0v) is 18.1. The first-order valence-electron chi connectivity index (χ1n) is 10.6. The largest absolute Gasteiger partial charge is 0.451 e. The number of furan rings is 1. The van der Waals surface area contributed by atoms with Crippen molar-refractivity contribution in [2.75, 3.05) is 31.6 Å². The van der Waals surface area contributed by atoms with E-state index in [1.165, 1.54) is 0 Å². The van der Waals surface area contributed by atoms with Crippen LogP contribution in [0, 0.1) is 12.8 Å². The molecule has 0 aliphatic carbocycles. The molecule has 1 aliphatic rings. The Morgan fingerprint density at radius 2 is 1.97 bits per heavy atom. The third-order valence-corrected chi connectivity index (χ3v) is 5.46. The van der Waals surface area contributed by atoms with Gasteiger partial charge in [0.15, 0.2) is 11.3 Å². The van der Waals surface area contributed by atoms with Gasteiger partial charge < -0.3 is 14.5 Å². The van der Waals surface area contributed by atoms with Crippen LogP contribution < -0.4 is 5.32 Å². The fraction of sp³-hybridized carbons (Fsp3) is 0.375. The highest BCUT2D eigenvalue weighted by Gasteiger charge is 2.20. The first kappa shape index (κ1) is 21.2. The van der Waals surface area contributed by atoms with E-state index >= 15 is 0 Å². The molecule has 7 nitrogen and oxygen atoms in total. The monoisotopic (exact) mass is 421 g/mol. The van der Waals surface area contributed by atoms with Gasteiger partial charge in [-0.25, -0.2) is 0 Å². The minimum atomic E-state index is -0.228. The number of nitrogens with one attached hydrogen (secondary N) is 1. The predicted octanol–water partition coefficient (Wildman–Crippen LogP) is 3.79. The van der Waals surface area contributed by atoms with Crippen LogP contribution in [0.25, 0.3) is 11.0 Å². The molecular weight excluding hydrogens is 394 g/mol. The van der Waals surface area contributed by atoms with Crippen molar-refractivity contribution >= 4 is 28.3 Å². The molecular formula is C24H27N3O4. The van der Waals surface area contributed by atoms with Crippen molar-refractivity contribution in [1.29, 1.82) is 0 Å². The van der Waals surface area contributed by atoms with E-state index in [9.17, 15) is 9.59 Å². The molecule has 3 heterocycles. The molecule has 0 spiro atoms. The molecule has 1 saturated heterocycles. The highest BCUT2D eigenvalue weighted by atomic mass is 16.5. The number of aryl methyl sites for hydroxylation is 1. The molecule has 7 heteroatoms. The third-order valence-electron chi connectivity index (χ3n) is 5.46. The Balaban J connectivity index is 1.62. The maximum Gasteiger partial charge on any atom is 0.228 e. The van der Waals surface area contributed by atoms with E-state index in [4.69, 9.17) is 9.15 Å². The van der Waals surface area contributed by atoms with E-state index < -0.39 is 0 Å². The second-order valence-corrected chi connectivity index (χ2v) is 8.16. The number of pyridine rings is 1. The van der Waals surface area contributed by atoms with Crippen LogP contribution in [-0.4, -0.2) is 47.9 Å². The number of benzene rings is 1. The number of hydrogen-bond donors (Lipinski definition) is 1. The maximum absolute atomic E-state index is 13.1. The Bertz CT molecular complexity index is 1110. The van der Waals surface area contributed by atoms with Gasteiger partial charge in [-0.3, -0.25) is 19.5 Å². The van der Waals surface area contributed by atoms with Crippen molar-refractivity contribution in [2.24, 2.45) is 5.92 Å². The Morgan fingerprint density at radius 1 is 1.19 bits per heavy atom. The Morgan fingerprint density at radius 3 is 2.71 bits per heavy atom. The number of hydrogen-bond acceptors (Lipinski definition) is 6. The van der Waals surface area contributed by atoms with E-state index in [0.717, 1.165) is 49.5 Å². The summed E-state index contributed by atoms with van der Waals surface area (Å²) in [5, 5.41) is 3.74. The number of morpholine rings is 1. The minimum absolute atomic E-state index is 0.0946. The van der Waals surface area contributed by atoms with Gasteiger partial charge in [0, 0.05) is 48.4 Å². The summed E-state index contributed by atoms with van der Waals surface area (Å²) < 4.78 is 11.4. The maximum atomic E-state index is 13.1. The molecule has 31 heavy (non-hydrogen) atoms. The Kier molecular flexibility index (Phi) is 6.15. The standard InChI is InChI=1S/C24H27N3O4/c1-15(2)24(29)26-19-6-4-5-17(11-19)22(28)21-12-20-18(13-25-16(3)23(20)31-21)14-27-7-9-30-10-8-27/h4-6,11-13,15H,7-10,14H2,1-3H3,(H,26,29). The van der Waals surface area contributed by atoms with Gasteiger partial charge in [0.05, 0.1) is 18.9 Å². The van der Waals surface area contributed by atoms with Crippen molar-refractivity contribution in [1.82, 2.24) is 9.88 Å². The molecule has 0 radical (unpaired) electrons. The van der Waals surface area contributed by atoms with Crippen LogP contribution in [0.5, 0.6) is 0 Å². The number of rotatable bonds is 6. The first-order valence-corrected chi connectivity index (χ1v) is 10.6. The fourth-order valence-electron chi connectivity index (χ4n) is 3.61. The minimum Gasteiger partial charge on any atom is -0.451 e. The summed E-state index contributed by atoms with van der Waals surface area (Å²) in [6.45, 7) is 9.44. The molecule has 1 amide bonds. The van der Waals surface area contributed by atoms with Crippen LogP contribution in [0.1, 0.15) is 41.2 Å². The second-order valence-electron chi connectivity index (χ2n) is 8.16. The summed E-state index contributed by atoms with van der Waals surface area (Å²) in [7, 11) is 0. The van der Waals surface area contributed by atoms with E-state index in [-0.39, 0.29) is 23.4 Å². The molecule has 0 unspecified atom stereocenters. The van der Waals surface area contributed by atoms with E-state index in [0.29, 0.717) is 16.8 Å². The van der Waals surface area contributed by atoms with Crippen molar-refractivity contribution in [2.45, 2.75) is 27.3 Å². The van der Waals surface area contributed by atoms with Gasteiger partial charge in [-0.1, -0.05) is 26.0 Å². The number of carbonyl (C=O) groups excluding carboxylic acids is 2. The number of fused-ring (bicyclic) bond motifs is 1. The number of aromatic nitrogens is 1. The van der Waals surface area contributed by atoms with Crippen molar-refractivity contribution in [3.8, 4) is 0 Å². The van der Waals surface area contributed by atoms with E-state index in [1.807, 2.05) is 33.0 Å². The summed E-state index contributed by atoms with van der Waals surface area (Å²) in [5.74, 6) is -0.201. The summed E-state index contributed by atoms with van der Waals surface area (Å²) in [6, 6.07) is 8.73. The number of ketones is 1. The van der Waals surface area contributed by atoms with Gasteiger partial charge in [0.2, 0.25) is 11.7 Å². The molecule has 1 aliphatic heterocycles. The van der Waals surface area contributed by atoms with Crippen LogP contribution in [0.4, 0.5) is 5.69 Å². The molecule has 0 bridgehead atoms. The summed E-state index contributed by atoms with van der Waals surface area (Å²) in [4.78, 5) is 31.9. The zero-order valence-electron chi connectivity index (χ0n) is 18.1. The van der Waals surface area contributed by atoms with Crippen molar-refractivity contribution in [3.63, 3.8) is 0 Å². The molecule has 1 fully saturated rings. The predicted molar refractivity (Wildman–Crippen MR) is 118 cm³/mol. The average molecular weight is 421 g/mol. The third kappa shape index (κ3) is 4.68. The Hall–Kier alpha value is -3.03. The molecule has 0 atom stereocenters. The molecule has 1 aromatic carbocycles. The van der Waals surface area contributed by atoms with Crippen LogP contribution in [-0.2, 0) is 16.1 Å². The van der Waals surface area contributed by atoms with Crippen molar-refractivity contribution in [3.05, 3.63) is 59.1 Å². The number of ether oxygens (including phenoxy) is 1. The lowest BCUT2D eigenvalue weighted by Crippen LogP contribution is -2.35. The topological polar surface area (TPSA) is 84.7 Å². The highest BCUT2D eigenvalue weighted by molar-refractivity contribution is 6.10. The number of amides is 1. The summed E-state index contributed by atoms with van der Waals surface area (Å²) in [6.07, 6.45) is 1.86. The Labute approximate surface area is 181 Å². The second kappa shape index (κ2) is 8.99. The molecule has 4 rings (SSSR count). The van der Waals surface area contributed by atoms with Crippen molar-refractivity contribution < 1.29 is 18.7 Å². The summed E-state index contributed by atoms with van der Waals surface area (Å²) >= 11 is 0. The number of carbonyl (C=O) groups is 2. The van der Waals surface area contributed by atoms with Crippen LogP contribution in [0.2, 0.25) is 0 Å². The van der Waals surface area contributed by atoms with Crippen LogP contribution in [0.3, 0.4) is 0 Å². The number of nitrogens with zero attached hydrogens (tertiary/aromatic N) is 2. The highest BCUT2D eigenvalue weighted by Crippen LogP contribution is 2.28. The molecule has 3 aromatic rings. The van der Waals surface area contributed by atoms with Gasteiger partial charge in [-0.05, 0) is 30.7 Å². The number of anilines is 1. The van der Waals surface area contributed by atoms with Gasteiger partial charge in [-0.15, -0.1) is 0 Å². The lowest BCUT2D eigenvalue weighted by molar-refractivity contribution is -0.118.